The van der Waals surface area contributed by atoms with Crippen molar-refractivity contribution in [2.24, 2.45) is 0 Å². The van der Waals surface area contributed by atoms with Crippen molar-refractivity contribution in [1.29, 1.82) is 0 Å². The van der Waals surface area contributed by atoms with Crippen molar-refractivity contribution in [1.82, 2.24) is 0 Å². The smallest absolute Gasteiger partial charge is 0.402 e. The van der Waals surface area contributed by atoms with Crippen molar-refractivity contribution < 1.29 is 23.1 Å². The van der Waals surface area contributed by atoms with Crippen molar-refractivity contribution in [3.05, 3.63) is 11.8 Å². The Kier molecular flexibility index (Phi) is 2.45. The normalized spacial score (nSPS) is 13.4. The number of ketones is 1. The molecule has 0 aromatic carbocycles. The number of hydrogen-bond acceptors (Lipinski definition) is 2. The first-order chi connectivity index (χ1) is 4.34. The summed E-state index contributed by atoms with van der Waals surface area (Å²) in [5, 5.41) is 9.87. The van der Waals surface area contributed by atoms with Crippen molar-refractivity contribution in [2.45, 2.75) is 13.1 Å². The van der Waals surface area contributed by atoms with E-state index in [0.717, 1.165) is 6.92 Å². The van der Waals surface area contributed by atoms with E-state index in [4.69, 9.17) is 0 Å². The van der Waals surface area contributed by atoms with E-state index in [1.807, 2.05) is 0 Å². The Bertz CT molecular complexity index is 168. The summed E-state index contributed by atoms with van der Waals surface area (Å²) in [6.07, 6.45) is -4.91. The van der Waals surface area contributed by atoms with Crippen LogP contribution < -0.4 is 5.11 Å². The molecule has 0 unspecified atom stereocenters. The van der Waals surface area contributed by atoms with Gasteiger partial charge in [-0.05, 0) is 18.8 Å². The number of rotatable bonds is 1. The minimum absolute atomic E-state index is 0.0139. The molecule has 10 heavy (non-hydrogen) atoms. The van der Waals surface area contributed by atoms with E-state index in [0.29, 0.717) is 0 Å². The summed E-state index contributed by atoms with van der Waals surface area (Å²) in [5.41, 5.74) is 0. The summed E-state index contributed by atoms with van der Waals surface area (Å²) in [6, 6.07) is 0. The monoisotopic (exact) mass is 153 g/mol. The van der Waals surface area contributed by atoms with Gasteiger partial charge in [-0.15, -0.1) is 0 Å². The first kappa shape index (κ1) is 9.00. The largest absolute Gasteiger partial charge is 0.869 e. The predicted octanol–water partition coefficient (Wildman–Crippen LogP) is 0.382. The molecule has 0 bridgehead atoms. The van der Waals surface area contributed by atoms with E-state index in [1.54, 1.807) is 0 Å². The average Bonchev–Trinajstić information content (AvgIpc) is 1.60. The number of halogens is 3. The maximum Gasteiger partial charge on any atom is 0.402 e. The van der Waals surface area contributed by atoms with E-state index in [-0.39, 0.29) is 6.08 Å². The van der Waals surface area contributed by atoms with Crippen molar-refractivity contribution in [2.75, 3.05) is 0 Å². The first-order valence-electron chi connectivity index (χ1n) is 2.30. The van der Waals surface area contributed by atoms with Crippen LogP contribution in [-0.4, -0.2) is 12.0 Å². The van der Waals surface area contributed by atoms with Gasteiger partial charge in [0.1, 0.15) is 0 Å². The van der Waals surface area contributed by atoms with E-state index < -0.39 is 17.7 Å². The third-order valence-electron chi connectivity index (χ3n) is 0.614. The summed E-state index contributed by atoms with van der Waals surface area (Å²) < 4.78 is 33.8. The highest BCUT2D eigenvalue weighted by molar-refractivity contribution is 5.87. The zero-order valence-electron chi connectivity index (χ0n) is 5.03. The Hall–Kier alpha value is -1.00. The van der Waals surface area contributed by atoms with Crippen molar-refractivity contribution in [3.63, 3.8) is 0 Å². The molecule has 5 heteroatoms. The Labute approximate surface area is 55.0 Å². The van der Waals surface area contributed by atoms with Crippen LogP contribution in [0.2, 0.25) is 0 Å². The number of allylic oxidation sites excluding steroid dienone is 2. The molecule has 0 aromatic rings. The Balaban J connectivity index is 4.35. The molecule has 58 valence electrons. The summed E-state index contributed by atoms with van der Waals surface area (Å²) in [6.45, 7) is 0.879. The van der Waals surface area contributed by atoms with Gasteiger partial charge in [0.25, 0.3) is 0 Å². The predicted molar refractivity (Wildman–Crippen MR) is 24.8 cm³/mol. The molecule has 0 aromatic heterocycles. The molecule has 0 saturated heterocycles. The van der Waals surface area contributed by atoms with Crippen LogP contribution in [0.5, 0.6) is 0 Å². The highest BCUT2D eigenvalue weighted by Crippen LogP contribution is 2.20. The molecule has 0 N–H and O–H groups in total. The third kappa shape index (κ3) is 3.11. The van der Waals surface area contributed by atoms with Gasteiger partial charge >= 0.3 is 6.18 Å². The van der Waals surface area contributed by atoms with Crippen LogP contribution in [0, 0.1) is 0 Å². The van der Waals surface area contributed by atoms with Crippen LogP contribution in [0.3, 0.4) is 0 Å². The standard InChI is InChI=1S/C5H5F3O2/c1-3(9)2-4(10)5(6,7)8/h2,10H,1H3/p-1/b4-2-. The minimum atomic E-state index is -4.92. The summed E-state index contributed by atoms with van der Waals surface area (Å²) >= 11 is 0. The molecule has 2 nitrogen and oxygen atoms in total. The lowest BCUT2D eigenvalue weighted by molar-refractivity contribution is -0.360. The molecule has 0 aliphatic carbocycles. The second kappa shape index (κ2) is 2.72. The molecule has 0 heterocycles. The number of carbonyl (C=O) groups is 1. The lowest BCUT2D eigenvalue weighted by Crippen LogP contribution is -2.23. The lowest BCUT2D eigenvalue weighted by atomic mass is 10.3. The molecular weight excluding hydrogens is 149 g/mol. The van der Waals surface area contributed by atoms with Gasteiger partial charge in [-0.25, -0.2) is 0 Å². The van der Waals surface area contributed by atoms with Crippen LogP contribution in [0.4, 0.5) is 13.2 Å². The zero-order valence-corrected chi connectivity index (χ0v) is 5.03. The Morgan fingerprint density at radius 3 is 2.00 bits per heavy atom. The summed E-state index contributed by atoms with van der Waals surface area (Å²) in [5.74, 6) is -3.01. The van der Waals surface area contributed by atoms with E-state index in [9.17, 15) is 23.1 Å². The fourth-order valence-electron chi connectivity index (χ4n) is 0.266. The van der Waals surface area contributed by atoms with Crippen LogP contribution in [-0.2, 0) is 4.79 Å². The van der Waals surface area contributed by atoms with Gasteiger partial charge in [0.2, 0.25) is 0 Å². The van der Waals surface area contributed by atoms with E-state index >= 15 is 0 Å². The van der Waals surface area contributed by atoms with Crippen LogP contribution in [0.1, 0.15) is 6.92 Å². The fraction of sp³-hybridized carbons (Fsp3) is 0.400. The molecule has 0 aliphatic heterocycles. The van der Waals surface area contributed by atoms with Crippen molar-refractivity contribution >= 4 is 5.78 Å². The van der Waals surface area contributed by atoms with Gasteiger partial charge in [0.05, 0.1) is 0 Å². The molecule has 0 spiro atoms. The highest BCUT2D eigenvalue weighted by atomic mass is 19.4. The second-order valence-electron chi connectivity index (χ2n) is 1.62. The topological polar surface area (TPSA) is 40.1 Å². The van der Waals surface area contributed by atoms with Gasteiger partial charge < -0.3 is 5.11 Å². The van der Waals surface area contributed by atoms with Gasteiger partial charge in [0.15, 0.2) is 5.78 Å². The zero-order chi connectivity index (χ0) is 8.36. The molecule has 0 atom stereocenters. The highest BCUT2D eigenvalue weighted by Gasteiger charge is 2.26. The van der Waals surface area contributed by atoms with E-state index in [1.165, 1.54) is 0 Å². The first-order valence-corrected chi connectivity index (χ1v) is 2.30. The maximum absolute atomic E-state index is 11.3. The van der Waals surface area contributed by atoms with E-state index in [2.05, 4.69) is 0 Å². The van der Waals surface area contributed by atoms with Gasteiger partial charge in [-0.2, -0.15) is 13.2 Å². The number of hydrogen-bond donors (Lipinski definition) is 0. The Morgan fingerprint density at radius 2 is 1.90 bits per heavy atom. The third-order valence-corrected chi connectivity index (χ3v) is 0.614. The van der Waals surface area contributed by atoms with Gasteiger partial charge in [-0.3, -0.25) is 4.79 Å². The minimum Gasteiger partial charge on any atom is -0.869 e. The van der Waals surface area contributed by atoms with Crippen molar-refractivity contribution in [3.8, 4) is 0 Å². The molecule has 0 rings (SSSR count). The number of carbonyl (C=O) groups excluding carboxylic acids is 1. The van der Waals surface area contributed by atoms with Crippen LogP contribution in [0.25, 0.3) is 0 Å². The van der Waals surface area contributed by atoms with Crippen LogP contribution in [0.15, 0.2) is 11.8 Å². The molecule has 0 amide bonds. The summed E-state index contributed by atoms with van der Waals surface area (Å²) in [4.78, 5) is 9.92. The quantitative estimate of drug-likeness (QED) is 0.403. The van der Waals surface area contributed by atoms with Gasteiger partial charge in [0, 0.05) is 0 Å². The molecular formula is C5H4F3O2-. The molecule has 0 saturated carbocycles. The second-order valence-corrected chi connectivity index (χ2v) is 1.62. The summed E-state index contributed by atoms with van der Waals surface area (Å²) in [7, 11) is 0. The lowest BCUT2D eigenvalue weighted by Gasteiger charge is -2.14. The molecule has 0 radical (unpaired) electrons. The average molecular weight is 153 g/mol. The van der Waals surface area contributed by atoms with Crippen LogP contribution >= 0.6 is 0 Å². The van der Waals surface area contributed by atoms with Gasteiger partial charge in [-0.1, -0.05) is 0 Å². The molecule has 0 aliphatic rings. The Morgan fingerprint density at radius 1 is 1.50 bits per heavy atom. The maximum atomic E-state index is 11.3. The molecule has 0 fully saturated rings. The number of alkyl halides is 3. The SMILES string of the molecule is CC(=O)/C=C(\[O-])C(F)(F)F. The fourth-order valence-corrected chi connectivity index (χ4v) is 0.266.